The molecule has 0 saturated heterocycles. The number of nitrogens with zero attached hydrogens (tertiary/aromatic N) is 3. The fourth-order valence-corrected chi connectivity index (χ4v) is 1.62. The number of hydrazine groups is 1. The number of aryl methyl sites for hydroxylation is 1. The van der Waals surface area contributed by atoms with Crippen LogP contribution in [0.1, 0.15) is 25.5 Å². The number of nitrogens with two attached hydrogens (primary N) is 1. The summed E-state index contributed by atoms with van der Waals surface area (Å²) in [5.74, 6) is 5.32. The molecule has 0 saturated carbocycles. The number of nitrogen functional groups attached to an aromatic ring is 1. The van der Waals surface area contributed by atoms with Crippen LogP contribution in [-0.4, -0.2) is 32.6 Å². The van der Waals surface area contributed by atoms with E-state index in [0.29, 0.717) is 6.42 Å². The number of hydrogen-bond donors (Lipinski definition) is 4. The van der Waals surface area contributed by atoms with Gasteiger partial charge in [-0.05, 0) is 13.3 Å². The quantitative estimate of drug-likeness (QED) is 0.320. The van der Waals surface area contributed by atoms with Crippen molar-refractivity contribution in [3.8, 4) is 0 Å². The van der Waals surface area contributed by atoms with Gasteiger partial charge in [-0.2, -0.15) is 4.98 Å². The van der Waals surface area contributed by atoms with E-state index in [1.165, 1.54) is 6.92 Å². The van der Waals surface area contributed by atoms with E-state index in [9.17, 15) is 15.2 Å². The van der Waals surface area contributed by atoms with Crippen LogP contribution < -0.4 is 16.6 Å². The first-order chi connectivity index (χ1) is 8.99. The fraction of sp³-hybridized carbons (Fsp3) is 0.600. The van der Waals surface area contributed by atoms with E-state index in [2.05, 4.69) is 20.7 Å². The maximum absolute atomic E-state index is 11.0. The molecular weight excluding hydrogens is 252 g/mol. The Balaban J connectivity index is 2.96. The van der Waals surface area contributed by atoms with E-state index in [1.807, 2.05) is 6.92 Å². The highest BCUT2D eigenvalue weighted by atomic mass is 16.6. The van der Waals surface area contributed by atoms with Gasteiger partial charge in [0.15, 0.2) is 0 Å². The lowest BCUT2D eigenvalue weighted by Crippen LogP contribution is -2.21. The van der Waals surface area contributed by atoms with E-state index >= 15 is 0 Å². The summed E-state index contributed by atoms with van der Waals surface area (Å²) in [6, 6.07) is 0. The molecule has 1 heterocycles. The number of aliphatic hydroxyl groups is 1. The normalized spacial score (nSPS) is 12.0. The largest absolute Gasteiger partial charge is 0.391 e. The molecule has 1 rings (SSSR count). The SMILES string of the molecule is CCCC(O)CNc1nc(NN)nc(C)c1[N+](=O)[O-]. The molecular formula is C10H18N6O3. The second-order valence-corrected chi connectivity index (χ2v) is 4.05. The highest BCUT2D eigenvalue weighted by Gasteiger charge is 2.22. The van der Waals surface area contributed by atoms with Crippen LogP contribution in [0.5, 0.6) is 0 Å². The molecule has 1 aromatic heterocycles. The molecule has 0 radical (unpaired) electrons. The van der Waals surface area contributed by atoms with Gasteiger partial charge in [-0.15, -0.1) is 0 Å². The van der Waals surface area contributed by atoms with Crippen LogP contribution in [0.3, 0.4) is 0 Å². The third kappa shape index (κ3) is 4.00. The Kier molecular flexibility index (Phi) is 5.39. The zero-order valence-electron chi connectivity index (χ0n) is 10.9. The van der Waals surface area contributed by atoms with Crippen LogP contribution in [-0.2, 0) is 0 Å². The minimum Gasteiger partial charge on any atom is -0.391 e. The van der Waals surface area contributed by atoms with Crippen molar-refractivity contribution < 1.29 is 10.0 Å². The summed E-state index contributed by atoms with van der Waals surface area (Å²) >= 11 is 0. The van der Waals surface area contributed by atoms with Gasteiger partial charge in [0.1, 0.15) is 5.69 Å². The van der Waals surface area contributed by atoms with E-state index < -0.39 is 11.0 Å². The predicted octanol–water partition coefficient (Wildman–Crippen LogP) is 0.552. The standard InChI is InChI=1S/C10H18N6O3/c1-3-4-7(17)5-12-9-8(16(18)19)6(2)13-10(14-9)15-11/h7,17H,3-5,11H2,1-2H3,(H2,12,13,14,15). The van der Waals surface area contributed by atoms with Crippen LogP contribution in [0.2, 0.25) is 0 Å². The molecule has 0 amide bonds. The summed E-state index contributed by atoms with van der Waals surface area (Å²) in [6.45, 7) is 3.61. The topological polar surface area (TPSA) is 139 Å². The van der Waals surface area contributed by atoms with Crippen LogP contribution >= 0.6 is 0 Å². The average Bonchev–Trinajstić information content (AvgIpc) is 2.35. The van der Waals surface area contributed by atoms with Crippen molar-refractivity contribution in [1.29, 1.82) is 0 Å². The van der Waals surface area contributed by atoms with Crippen LogP contribution in [0.15, 0.2) is 0 Å². The third-order valence-corrected chi connectivity index (χ3v) is 2.50. The van der Waals surface area contributed by atoms with Gasteiger partial charge >= 0.3 is 5.69 Å². The number of hydrogen-bond acceptors (Lipinski definition) is 8. The lowest BCUT2D eigenvalue weighted by atomic mass is 10.2. The van der Waals surface area contributed by atoms with Crippen molar-refractivity contribution in [3.63, 3.8) is 0 Å². The first-order valence-electron chi connectivity index (χ1n) is 5.91. The van der Waals surface area contributed by atoms with E-state index in [1.54, 1.807) is 0 Å². The van der Waals surface area contributed by atoms with E-state index in [-0.39, 0.29) is 29.7 Å². The molecule has 0 aromatic carbocycles. The van der Waals surface area contributed by atoms with Crippen molar-refractivity contribution in [2.24, 2.45) is 5.84 Å². The maximum Gasteiger partial charge on any atom is 0.332 e. The van der Waals surface area contributed by atoms with Crippen molar-refractivity contribution in [3.05, 3.63) is 15.8 Å². The second-order valence-electron chi connectivity index (χ2n) is 4.05. The number of aromatic nitrogens is 2. The molecule has 0 aliphatic rings. The molecule has 1 unspecified atom stereocenters. The first kappa shape index (κ1) is 15.1. The number of nitro groups is 1. The van der Waals surface area contributed by atoms with Crippen molar-refractivity contribution in [1.82, 2.24) is 9.97 Å². The first-order valence-corrected chi connectivity index (χ1v) is 5.91. The number of anilines is 2. The Hall–Kier alpha value is -2.00. The van der Waals surface area contributed by atoms with Crippen molar-refractivity contribution >= 4 is 17.5 Å². The summed E-state index contributed by atoms with van der Waals surface area (Å²) in [7, 11) is 0. The molecule has 0 aliphatic carbocycles. The molecule has 106 valence electrons. The van der Waals surface area contributed by atoms with Gasteiger partial charge in [-0.1, -0.05) is 13.3 Å². The summed E-state index contributed by atoms with van der Waals surface area (Å²) < 4.78 is 0. The van der Waals surface area contributed by atoms with E-state index in [4.69, 9.17) is 5.84 Å². The molecule has 0 aliphatic heterocycles. The average molecular weight is 270 g/mol. The zero-order chi connectivity index (χ0) is 14.4. The lowest BCUT2D eigenvalue weighted by Gasteiger charge is -2.12. The van der Waals surface area contributed by atoms with Crippen molar-refractivity contribution in [2.45, 2.75) is 32.8 Å². The third-order valence-electron chi connectivity index (χ3n) is 2.50. The summed E-state index contributed by atoms with van der Waals surface area (Å²) in [5, 5.41) is 23.4. The summed E-state index contributed by atoms with van der Waals surface area (Å²) in [6.07, 6.45) is 0.838. The second kappa shape index (κ2) is 6.81. The van der Waals surface area contributed by atoms with Crippen molar-refractivity contribution in [2.75, 3.05) is 17.3 Å². The Labute approximate surface area is 110 Å². The number of nitrogens with one attached hydrogen (secondary N) is 2. The Morgan fingerprint density at radius 2 is 2.21 bits per heavy atom. The zero-order valence-corrected chi connectivity index (χ0v) is 10.9. The molecule has 0 bridgehead atoms. The van der Waals surface area contributed by atoms with Crippen LogP contribution in [0, 0.1) is 17.0 Å². The molecule has 1 atom stereocenters. The maximum atomic E-state index is 11.0. The van der Waals surface area contributed by atoms with E-state index in [0.717, 1.165) is 6.42 Å². The van der Waals surface area contributed by atoms with Gasteiger partial charge in [-0.3, -0.25) is 15.5 Å². The van der Waals surface area contributed by atoms with Gasteiger partial charge in [-0.25, -0.2) is 10.8 Å². The molecule has 9 heteroatoms. The minimum atomic E-state index is -0.589. The van der Waals surface area contributed by atoms with Crippen LogP contribution in [0.25, 0.3) is 0 Å². The molecule has 19 heavy (non-hydrogen) atoms. The highest BCUT2D eigenvalue weighted by molar-refractivity contribution is 5.60. The molecule has 1 aromatic rings. The van der Waals surface area contributed by atoms with Crippen LogP contribution in [0.4, 0.5) is 17.5 Å². The molecule has 5 N–H and O–H groups in total. The predicted molar refractivity (Wildman–Crippen MR) is 70.6 cm³/mol. The summed E-state index contributed by atoms with van der Waals surface area (Å²) in [5.41, 5.74) is 2.21. The molecule has 0 fully saturated rings. The van der Waals surface area contributed by atoms with Gasteiger partial charge in [0.25, 0.3) is 0 Å². The lowest BCUT2D eigenvalue weighted by molar-refractivity contribution is -0.385. The number of rotatable bonds is 7. The Morgan fingerprint density at radius 1 is 1.53 bits per heavy atom. The fourth-order valence-electron chi connectivity index (χ4n) is 1.62. The highest BCUT2D eigenvalue weighted by Crippen LogP contribution is 2.26. The number of aliphatic hydroxyl groups excluding tert-OH is 1. The minimum absolute atomic E-state index is 0.0422. The van der Waals surface area contributed by atoms with Gasteiger partial charge < -0.3 is 10.4 Å². The van der Waals surface area contributed by atoms with Gasteiger partial charge in [0, 0.05) is 6.54 Å². The Bertz CT molecular complexity index is 453. The smallest absolute Gasteiger partial charge is 0.332 e. The van der Waals surface area contributed by atoms with Gasteiger partial charge in [0.2, 0.25) is 11.8 Å². The molecule has 9 nitrogen and oxygen atoms in total. The summed E-state index contributed by atoms with van der Waals surface area (Å²) in [4.78, 5) is 18.2. The Morgan fingerprint density at radius 3 is 2.74 bits per heavy atom. The molecule has 0 spiro atoms. The monoisotopic (exact) mass is 270 g/mol. The van der Waals surface area contributed by atoms with Gasteiger partial charge in [0.05, 0.1) is 11.0 Å².